The van der Waals surface area contributed by atoms with Gasteiger partial charge in [-0.15, -0.1) is 11.8 Å². The smallest absolute Gasteiger partial charge is 0.272 e. The first-order valence-corrected chi connectivity index (χ1v) is 14.4. The van der Waals surface area contributed by atoms with E-state index < -0.39 is 11.8 Å². The van der Waals surface area contributed by atoms with E-state index >= 15 is 0 Å². The third kappa shape index (κ3) is 8.72. The van der Waals surface area contributed by atoms with E-state index in [0.29, 0.717) is 21.8 Å². The van der Waals surface area contributed by atoms with Crippen molar-refractivity contribution in [3.8, 4) is 0 Å². The summed E-state index contributed by atoms with van der Waals surface area (Å²) in [5.74, 6) is -0.868. The monoisotopic (exact) mass is 603 g/mol. The van der Waals surface area contributed by atoms with Crippen LogP contribution in [0.4, 0.5) is 11.4 Å². The molecule has 0 fully saturated rings. The number of thioether (sulfide) groups is 1. The Labute approximate surface area is 253 Å². The molecule has 0 radical (unpaired) electrons. The van der Waals surface area contributed by atoms with Crippen LogP contribution in [0.5, 0.6) is 0 Å². The van der Waals surface area contributed by atoms with Crippen molar-refractivity contribution in [2.24, 2.45) is 0 Å². The van der Waals surface area contributed by atoms with Gasteiger partial charge in [-0.05, 0) is 91.2 Å². The molecule has 4 aromatic rings. The molecule has 0 saturated heterocycles. The van der Waals surface area contributed by atoms with Crippen LogP contribution in [0.1, 0.15) is 27.0 Å². The van der Waals surface area contributed by atoms with Gasteiger partial charge in [0.2, 0.25) is 5.91 Å². The van der Waals surface area contributed by atoms with Crippen LogP contribution in [0.2, 0.25) is 10.0 Å². The minimum Gasteiger partial charge on any atom is -0.325 e. The van der Waals surface area contributed by atoms with Crippen molar-refractivity contribution < 1.29 is 14.4 Å². The van der Waals surface area contributed by atoms with Crippen LogP contribution in [0.25, 0.3) is 6.08 Å². The molecule has 4 rings (SSSR count). The number of nitrogens with one attached hydrogen (secondary N) is 3. The summed E-state index contributed by atoms with van der Waals surface area (Å²) in [5, 5.41) is 8.99. The maximum absolute atomic E-state index is 13.3. The van der Waals surface area contributed by atoms with Crippen molar-refractivity contribution in [1.29, 1.82) is 0 Å². The number of benzene rings is 4. The van der Waals surface area contributed by atoms with Gasteiger partial charge in [-0.3, -0.25) is 14.4 Å². The molecule has 0 aromatic heterocycles. The van der Waals surface area contributed by atoms with E-state index in [1.54, 1.807) is 60.7 Å². The molecule has 0 aliphatic heterocycles. The second-order valence-corrected chi connectivity index (χ2v) is 11.0. The number of halogens is 2. The molecule has 0 spiro atoms. The molecule has 208 valence electrons. The Bertz CT molecular complexity index is 1590. The van der Waals surface area contributed by atoms with E-state index in [2.05, 4.69) is 16.0 Å². The number of anilines is 2. The number of amides is 3. The van der Waals surface area contributed by atoms with E-state index in [-0.39, 0.29) is 22.4 Å². The fraction of sp³-hybridized carbons (Fsp3) is 0.0938. The second-order valence-electron chi connectivity index (χ2n) is 9.21. The Kier molecular flexibility index (Phi) is 10.2. The molecule has 0 aliphatic rings. The van der Waals surface area contributed by atoms with E-state index in [1.807, 2.05) is 44.2 Å². The Morgan fingerprint density at radius 3 is 2.15 bits per heavy atom. The molecule has 0 unspecified atom stereocenters. The fourth-order valence-electron chi connectivity index (χ4n) is 3.96. The Morgan fingerprint density at radius 2 is 1.46 bits per heavy atom. The molecular weight excluding hydrogens is 577 g/mol. The van der Waals surface area contributed by atoms with Crippen LogP contribution in [0.3, 0.4) is 0 Å². The van der Waals surface area contributed by atoms with Gasteiger partial charge < -0.3 is 16.0 Å². The summed E-state index contributed by atoms with van der Waals surface area (Å²) < 4.78 is 0. The van der Waals surface area contributed by atoms with Gasteiger partial charge in [0.25, 0.3) is 11.8 Å². The third-order valence-corrected chi connectivity index (χ3v) is 7.64. The van der Waals surface area contributed by atoms with Crippen molar-refractivity contribution in [2.45, 2.75) is 18.7 Å². The standard InChI is InChI=1S/C32H27Cl2N3O3S/c1-20-15-21(2)17-25(16-20)35-29(38)19-41-26-13-11-24(12-14-26)36-32(40)28(18-23-9-6-10-27(33)30(23)34)37-31(39)22-7-4-3-5-8-22/h3-18H,19H2,1-2H3,(H,35,38)(H,36,40)(H,37,39)/b28-18-. The molecular formula is C32H27Cl2N3O3S. The lowest BCUT2D eigenvalue weighted by molar-refractivity contribution is -0.114. The highest BCUT2D eigenvalue weighted by atomic mass is 35.5. The Balaban J connectivity index is 1.43. The first-order valence-electron chi connectivity index (χ1n) is 12.6. The number of carbonyl (C=O) groups excluding carboxylic acids is 3. The largest absolute Gasteiger partial charge is 0.325 e. The number of rotatable bonds is 9. The van der Waals surface area contributed by atoms with Crippen LogP contribution >= 0.6 is 35.0 Å². The molecule has 0 aliphatic carbocycles. The summed E-state index contributed by atoms with van der Waals surface area (Å²) in [6.07, 6.45) is 1.48. The first-order chi connectivity index (χ1) is 19.7. The van der Waals surface area contributed by atoms with Crippen molar-refractivity contribution in [3.63, 3.8) is 0 Å². The lowest BCUT2D eigenvalue weighted by Crippen LogP contribution is -2.30. The maximum Gasteiger partial charge on any atom is 0.272 e. The molecule has 41 heavy (non-hydrogen) atoms. The summed E-state index contributed by atoms with van der Waals surface area (Å²) in [7, 11) is 0. The maximum atomic E-state index is 13.3. The molecule has 0 heterocycles. The van der Waals surface area contributed by atoms with Crippen LogP contribution in [0.15, 0.2) is 102 Å². The average Bonchev–Trinajstić information content (AvgIpc) is 2.94. The van der Waals surface area contributed by atoms with Crippen molar-refractivity contribution in [3.05, 3.63) is 129 Å². The highest BCUT2D eigenvalue weighted by molar-refractivity contribution is 8.00. The van der Waals surface area contributed by atoms with Crippen LogP contribution in [0, 0.1) is 13.8 Å². The predicted molar refractivity (Wildman–Crippen MR) is 169 cm³/mol. The molecule has 4 aromatic carbocycles. The van der Waals surface area contributed by atoms with Crippen molar-refractivity contribution >= 4 is 70.1 Å². The summed E-state index contributed by atoms with van der Waals surface area (Å²) in [6, 6.07) is 26.6. The van der Waals surface area contributed by atoms with Gasteiger partial charge in [0.05, 0.1) is 15.8 Å². The lowest BCUT2D eigenvalue weighted by atomic mass is 10.1. The van der Waals surface area contributed by atoms with E-state index in [0.717, 1.165) is 21.7 Å². The topological polar surface area (TPSA) is 87.3 Å². The predicted octanol–water partition coefficient (Wildman–Crippen LogP) is 7.75. The van der Waals surface area contributed by atoms with Gasteiger partial charge in [-0.1, -0.05) is 59.6 Å². The zero-order valence-corrected chi connectivity index (χ0v) is 24.7. The number of carbonyl (C=O) groups is 3. The average molecular weight is 605 g/mol. The van der Waals surface area contributed by atoms with Gasteiger partial charge >= 0.3 is 0 Å². The minimum atomic E-state index is -0.543. The van der Waals surface area contributed by atoms with Crippen LogP contribution < -0.4 is 16.0 Å². The van der Waals surface area contributed by atoms with E-state index in [9.17, 15) is 14.4 Å². The number of hydrogen-bond acceptors (Lipinski definition) is 4. The highest BCUT2D eigenvalue weighted by Crippen LogP contribution is 2.27. The van der Waals surface area contributed by atoms with Gasteiger partial charge in [-0.2, -0.15) is 0 Å². The molecule has 3 amide bonds. The Morgan fingerprint density at radius 1 is 0.780 bits per heavy atom. The SMILES string of the molecule is Cc1cc(C)cc(NC(=O)CSc2ccc(NC(=O)/C(=C/c3cccc(Cl)c3Cl)NC(=O)c3ccccc3)cc2)c1. The van der Waals surface area contributed by atoms with Gasteiger partial charge in [0.1, 0.15) is 5.70 Å². The normalized spacial score (nSPS) is 11.1. The zero-order valence-electron chi connectivity index (χ0n) is 22.3. The molecule has 9 heteroatoms. The zero-order chi connectivity index (χ0) is 29.4. The van der Waals surface area contributed by atoms with Gasteiger partial charge in [-0.25, -0.2) is 0 Å². The molecule has 3 N–H and O–H groups in total. The molecule has 6 nitrogen and oxygen atoms in total. The van der Waals surface area contributed by atoms with Crippen LogP contribution in [-0.2, 0) is 9.59 Å². The summed E-state index contributed by atoms with van der Waals surface area (Å²) >= 11 is 13.9. The van der Waals surface area contributed by atoms with Gasteiger partial charge in [0.15, 0.2) is 0 Å². The first kappa shape index (κ1) is 29.9. The summed E-state index contributed by atoms with van der Waals surface area (Å²) in [5.41, 5.74) is 4.31. The summed E-state index contributed by atoms with van der Waals surface area (Å²) in [6.45, 7) is 3.97. The summed E-state index contributed by atoms with van der Waals surface area (Å²) in [4.78, 5) is 39.4. The Hall–Kier alpha value is -4.04. The highest BCUT2D eigenvalue weighted by Gasteiger charge is 2.16. The fourth-order valence-corrected chi connectivity index (χ4v) is 5.02. The molecule has 0 saturated carbocycles. The second kappa shape index (κ2) is 14.0. The molecule has 0 atom stereocenters. The van der Waals surface area contributed by atoms with Gasteiger partial charge in [0, 0.05) is 21.8 Å². The lowest BCUT2D eigenvalue weighted by Gasteiger charge is -2.12. The molecule has 0 bridgehead atoms. The van der Waals surface area contributed by atoms with E-state index in [1.165, 1.54) is 17.8 Å². The van der Waals surface area contributed by atoms with E-state index in [4.69, 9.17) is 23.2 Å². The quantitative estimate of drug-likeness (QED) is 0.135. The van der Waals surface area contributed by atoms with Crippen LogP contribution in [-0.4, -0.2) is 23.5 Å². The minimum absolute atomic E-state index is 0.00970. The third-order valence-electron chi connectivity index (χ3n) is 5.80. The number of aryl methyl sites for hydroxylation is 2. The van der Waals surface area contributed by atoms with Crippen molar-refractivity contribution in [2.75, 3.05) is 16.4 Å². The number of hydrogen-bond donors (Lipinski definition) is 3. The van der Waals surface area contributed by atoms with Crippen molar-refractivity contribution in [1.82, 2.24) is 5.32 Å².